The molecule has 304 valence electrons. The van der Waals surface area contributed by atoms with Gasteiger partial charge in [0.25, 0.3) is 0 Å². The number of nitrogens with zero attached hydrogens (tertiary/aromatic N) is 2. The van der Waals surface area contributed by atoms with Gasteiger partial charge in [0.05, 0.1) is 23.4 Å². The first-order chi connectivity index (χ1) is 25.1. The molecule has 3 aliphatic rings. The summed E-state index contributed by atoms with van der Waals surface area (Å²) in [5.41, 5.74) is 0.218. The quantitative estimate of drug-likeness (QED) is 0.318. The number of esters is 1. The van der Waals surface area contributed by atoms with E-state index in [2.05, 4.69) is 5.43 Å². The highest BCUT2D eigenvalue weighted by molar-refractivity contribution is 5.88. The van der Waals surface area contributed by atoms with E-state index in [9.17, 15) is 32.7 Å². The summed E-state index contributed by atoms with van der Waals surface area (Å²) in [6, 6.07) is 3.26. The zero-order valence-electron chi connectivity index (χ0n) is 33.2. The van der Waals surface area contributed by atoms with Crippen LogP contribution in [0, 0.1) is 17.8 Å². The number of nitrogens with one attached hydrogen (secondary N) is 1. The molecule has 3 heterocycles. The first-order valence-corrected chi connectivity index (χ1v) is 18.6. The van der Waals surface area contributed by atoms with Crippen LogP contribution in [0.4, 0.5) is 18.0 Å². The second kappa shape index (κ2) is 17.0. The fourth-order valence-corrected chi connectivity index (χ4v) is 8.42. The summed E-state index contributed by atoms with van der Waals surface area (Å²) in [4.78, 5) is 43.9. The van der Waals surface area contributed by atoms with Gasteiger partial charge in [-0.05, 0) is 78.7 Å². The van der Waals surface area contributed by atoms with Gasteiger partial charge in [-0.1, -0.05) is 45.9 Å². The molecule has 0 unspecified atom stereocenters. The molecule has 1 aromatic rings. The highest BCUT2D eigenvalue weighted by atomic mass is 19.4. The van der Waals surface area contributed by atoms with Crippen LogP contribution in [0.25, 0.3) is 0 Å². The number of carbonyl (C=O) groups is 3. The number of alkyl halides is 3. The molecule has 3 aliphatic heterocycles. The molecule has 0 aromatic heterocycles. The fraction of sp³-hybridized carbons (Fsp3) is 0.718. The molecular formula is C39H58F3N3O9. The molecule has 0 radical (unpaired) electrons. The molecule has 0 saturated carbocycles. The highest BCUT2D eigenvalue weighted by Gasteiger charge is 2.60. The SMILES string of the molecule is CC[C@H]1OC(=O)/C(C)=C/[C@H](C)[C@@H](O[C@@H]2O[C@H](C)C[C@H](N(C)C)[C@H]2O)[C@@](C)(OC)C[C@@H](C)C(=O)[C@H](C)[C@H]2N(NCc3ccc(C(F)(F)F)cc3)C(=O)O[C@]12C. The van der Waals surface area contributed by atoms with E-state index in [1.54, 1.807) is 40.7 Å². The molecule has 1 aromatic carbocycles. The predicted molar refractivity (Wildman–Crippen MR) is 193 cm³/mol. The maximum absolute atomic E-state index is 14.5. The Hall–Kier alpha value is -3.08. The molecule has 2 saturated heterocycles. The third kappa shape index (κ3) is 9.13. The Morgan fingerprint density at radius 2 is 1.70 bits per heavy atom. The van der Waals surface area contributed by atoms with Gasteiger partial charge < -0.3 is 33.7 Å². The molecule has 54 heavy (non-hydrogen) atoms. The van der Waals surface area contributed by atoms with Crippen molar-refractivity contribution in [3.05, 3.63) is 47.0 Å². The number of ketones is 1. The number of rotatable bonds is 8. The summed E-state index contributed by atoms with van der Waals surface area (Å²) in [5.74, 6) is -2.97. The molecule has 2 fully saturated rings. The molecule has 2 N–H and O–H groups in total. The first-order valence-electron chi connectivity index (χ1n) is 18.6. The van der Waals surface area contributed by atoms with Crippen molar-refractivity contribution in [2.45, 2.75) is 141 Å². The fourth-order valence-electron chi connectivity index (χ4n) is 8.42. The lowest BCUT2D eigenvalue weighted by molar-refractivity contribution is -0.294. The number of aliphatic hydroxyl groups excluding tert-OH is 1. The Balaban J connectivity index is 1.74. The summed E-state index contributed by atoms with van der Waals surface area (Å²) >= 11 is 0. The first kappa shape index (κ1) is 43.6. The van der Waals surface area contributed by atoms with Crippen LogP contribution in [0.15, 0.2) is 35.9 Å². The Bertz CT molecular complexity index is 1520. The van der Waals surface area contributed by atoms with E-state index >= 15 is 0 Å². The minimum atomic E-state index is -4.51. The molecular weight excluding hydrogens is 711 g/mol. The monoisotopic (exact) mass is 769 g/mol. The second-order valence-electron chi connectivity index (χ2n) is 15.8. The number of halogens is 3. The number of hydrogen-bond acceptors (Lipinski definition) is 11. The average Bonchev–Trinajstić information content (AvgIpc) is 3.36. The number of hydrogen-bond donors (Lipinski definition) is 2. The van der Waals surface area contributed by atoms with Crippen molar-refractivity contribution < 1.29 is 56.3 Å². The summed E-state index contributed by atoms with van der Waals surface area (Å²) in [5, 5.41) is 12.6. The number of Topliss-reactive ketones (excluding diaryl/α,β-unsaturated/α-hetero) is 1. The van der Waals surface area contributed by atoms with E-state index in [1.165, 1.54) is 24.3 Å². The standard InChI is InChI=1S/C39H58F3N3O9/c1-12-29-38(8)32(45(36(49)54-38)43-20-26-13-15-27(16-14-26)39(40,41)42)25(6)30(46)23(4)19-37(7,50-11)33(21(2)17-22(3)34(48)52-29)53-35-31(47)28(44(9)10)18-24(5)51-35/h13-17,21,23-25,28-29,31-33,35,43,47H,12,18-20H2,1-11H3/b22-17+/t21-,23+,24+,25-,28-,29+,31+,32+,33+,35-,37-,38+/m0/s1. The zero-order chi connectivity index (χ0) is 40.5. The van der Waals surface area contributed by atoms with Crippen molar-refractivity contribution in [1.29, 1.82) is 0 Å². The number of cyclic esters (lactones) is 1. The lowest BCUT2D eigenvalue weighted by atomic mass is 9.74. The Morgan fingerprint density at radius 1 is 1.07 bits per heavy atom. The van der Waals surface area contributed by atoms with Crippen LogP contribution >= 0.6 is 0 Å². The summed E-state index contributed by atoms with van der Waals surface area (Å²) in [7, 11) is 5.27. The van der Waals surface area contributed by atoms with Gasteiger partial charge in [0.15, 0.2) is 11.9 Å². The minimum Gasteiger partial charge on any atom is -0.455 e. The number of carbonyl (C=O) groups excluding carboxylic acids is 3. The Labute approximate surface area is 316 Å². The van der Waals surface area contributed by atoms with Crippen LogP contribution in [0.1, 0.15) is 85.8 Å². The number of benzene rings is 1. The van der Waals surface area contributed by atoms with Gasteiger partial charge in [-0.15, -0.1) is 0 Å². The third-order valence-corrected chi connectivity index (χ3v) is 11.4. The maximum Gasteiger partial charge on any atom is 0.425 e. The van der Waals surface area contributed by atoms with Crippen molar-refractivity contribution >= 4 is 17.8 Å². The van der Waals surface area contributed by atoms with Gasteiger partial charge in [-0.2, -0.15) is 13.2 Å². The van der Waals surface area contributed by atoms with Crippen LogP contribution in [0.5, 0.6) is 0 Å². The van der Waals surface area contributed by atoms with Crippen LogP contribution in [0.2, 0.25) is 0 Å². The second-order valence-corrected chi connectivity index (χ2v) is 15.8. The zero-order valence-corrected chi connectivity index (χ0v) is 33.2. The maximum atomic E-state index is 14.5. The lowest BCUT2D eigenvalue weighted by Crippen LogP contribution is -2.60. The van der Waals surface area contributed by atoms with Crippen molar-refractivity contribution in [2.75, 3.05) is 21.2 Å². The van der Waals surface area contributed by atoms with Crippen LogP contribution in [0.3, 0.4) is 0 Å². The number of hydrazine groups is 1. The molecule has 0 spiro atoms. The van der Waals surface area contributed by atoms with Gasteiger partial charge in [-0.3, -0.25) is 4.79 Å². The molecule has 12 nitrogen and oxygen atoms in total. The number of ether oxygens (including phenoxy) is 5. The van der Waals surface area contributed by atoms with Crippen LogP contribution in [-0.4, -0.2) is 108 Å². The average molecular weight is 770 g/mol. The summed E-state index contributed by atoms with van der Waals surface area (Å²) < 4.78 is 70.6. The summed E-state index contributed by atoms with van der Waals surface area (Å²) in [6.07, 6.45) is -6.73. The topological polar surface area (TPSA) is 136 Å². The predicted octanol–water partition coefficient (Wildman–Crippen LogP) is 5.66. The number of fused-ring (bicyclic) bond motifs is 1. The van der Waals surface area contributed by atoms with Crippen molar-refractivity contribution in [1.82, 2.24) is 15.3 Å². The van der Waals surface area contributed by atoms with Crippen LogP contribution < -0.4 is 5.43 Å². The van der Waals surface area contributed by atoms with Crippen molar-refractivity contribution in [2.24, 2.45) is 17.8 Å². The largest absolute Gasteiger partial charge is 0.455 e. The molecule has 12 atom stereocenters. The normalized spacial score (nSPS) is 38.3. The summed E-state index contributed by atoms with van der Waals surface area (Å²) in [6.45, 7) is 14.0. The van der Waals surface area contributed by atoms with E-state index < -0.39 is 83.4 Å². The Morgan fingerprint density at radius 3 is 2.26 bits per heavy atom. The van der Waals surface area contributed by atoms with Crippen molar-refractivity contribution in [3.8, 4) is 0 Å². The number of methoxy groups -OCH3 is 1. The van der Waals surface area contributed by atoms with Gasteiger partial charge in [0.1, 0.15) is 24.0 Å². The minimum absolute atomic E-state index is 0.0598. The number of likely N-dealkylation sites (N-methyl/N-ethyl adjacent to an activating group) is 1. The Kier molecular flexibility index (Phi) is 13.7. The molecule has 15 heteroatoms. The van der Waals surface area contributed by atoms with Crippen LogP contribution in [-0.2, 0) is 46.0 Å². The third-order valence-electron chi connectivity index (χ3n) is 11.4. The highest BCUT2D eigenvalue weighted by Crippen LogP contribution is 2.42. The van der Waals surface area contributed by atoms with E-state index in [-0.39, 0.29) is 42.9 Å². The number of aliphatic hydroxyl groups is 1. The molecule has 4 rings (SSSR count). The van der Waals surface area contributed by atoms with E-state index in [0.29, 0.717) is 12.0 Å². The van der Waals surface area contributed by atoms with Gasteiger partial charge in [0.2, 0.25) is 0 Å². The van der Waals surface area contributed by atoms with Crippen molar-refractivity contribution in [3.63, 3.8) is 0 Å². The molecule has 1 amide bonds. The smallest absolute Gasteiger partial charge is 0.425 e. The lowest BCUT2D eigenvalue weighted by Gasteiger charge is -2.46. The molecule has 0 aliphatic carbocycles. The molecule has 0 bridgehead atoms. The van der Waals surface area contributed by atoms with Gasteiger partial charge in [0, 0.05) is 43.0 Å². The van der Waals surface area contributed by atoms with Gasteiger partial charge >= 0.3 is 18.2 Å². The van der Waals surface area contributed by atoms with E-state index in [1.807, 2.05) is 39.8 Å². The van der Waals surface area contributed by atoms with E-state index in [4.69, 9.17) is 23.7 Å². The van der Waals surface area contributed by atoms with E-state index in [0.717, 1.165) is 12.1 Å². The van der Waals surface area contributed by atoms with Gasteiger partial charge in [-0.25, -0.2) is 20.0 Å². The number of amides is 1.